The van der Waals surface area contributed by atoms with Crippen LogP contribution in [0.15, 0.2) is 35.5 Å². The predicted octanol–water partition coefficient (Wildman–Crippen LogP) is 2.92. The van der Waals surface area contributed by atoms with Crippen LogP contribution in [0.5, 0.6) is 0 Å². The summed E-state index contributed by atoms with van der Waals surface area (Å²) in [7, 11) is 1.79. The first-order valence-corrected chi connectivity index (χ1v) is 8.46. The lowest BCUT2D eigenvalue weighted by Crippen LogP contribution is -2.37. The van der Waals surface area contributed by atoms with E-state index in [1.807, 2.05) is 6.20 Å². The number of nitrogens with one attached hydrogen (secondary N) is 2. The highest BCUT2D eigenvalue weighted by molar-refractivity contribution is 7.11. The summed E-state index contributed by atoms with van der Waals surface area (Å²) < 4.78 is 0. The van der Waals surface area contributed by atoms with E-state index in [9.17, 15) is 0 Å². The summed E-state index contributed by atoms with van der Waals surface area (Å²) in [5, 5.41) is 7.74. The second-order valence-electron chi connectivity index (χ2n) is 5.16. The molecule has 1 aromatic heterocycles. The lowest BCUT2D eigenvalue weighted by atomic mass is 10.1. The van der Waals surface area contributed by atoms with E-state index in [4.69, 9.17) is 0 Å². The monoisotopic (exact) mass is 316 g/mol. The van der Waals surface area contributed by atoms with Crippen molar-refractivity contribution >= 4 is 17.3 Å². The number of guanidine groups is 1. The van der Waals surface area contributed by atoms with Gasteiger partial charge in [-0.05, 0) is 25.3 Å². The Morgan fingerprint density at radius 3 is 2.64 bits per heavy atom. The maximum absolute atomic E-state index is 4.40. The Balaban J connectivity index is 1.74. The Kier molecular flexibility index (Phi) is 6.40. The van der Waals surface area contributed by atoms with Crippen molar-refractivity contribution in [3.05, 3.63) is 51.5 Å². The molecule has 0 amide bonds. The van der Waals surface area contributed by atoms with E-state index in [0.717, 1.165) is 36.9 Å². The molecule has 0 bridgehead atoms. The zero-order valence-corrected chi connectivity index (χ0v) is 14.3. The number of rotatable bonds is 6. The molecule has 0 saturated carbocycles. The molecule has 2 rings (SSSR count). The lowest BCUT2D eigenvalue weighted by molar-refractivity contribution is 0.791. The number of aliphatic imine (C=N–C) groups is 1. The minimum Gasteiger partial charge on any atom is -0.356 e. The first-order chi connectivity index (χ1) is 10.7. The van der Waals surface area contributed by atoms with Crippen molar-refractivity contribution in [1.82, 2.24) is 15.6 Å². The molecule has 2 aromatic rings. The van der Waals surface area contributed by atoms with Crippen LogP contribution in [0.3, 0.4) is 0 Å². The zero-order chi connectivity index (χ0) is 15.8. The highest BCUT2D eigenvalue weighted by atomic mass is 32.1. The summed E-state index contributed by atoms with van der Waals surface area (Å²) in [4.78, 5) is 9.97. The summed E-state index contributed by atoms with van der Waals surface area (Å²) in [5.41, 5.74) is 2.63. The normalized spacial score (nSPS) is 11.5. The smallest absolute Gasteiger partial charge is 0.191 e. The highest BCUT2D eigenvalue weighted by Gasteiger charge is 2.02. The molecule has 0 aliphatic rings. The van der Waals surface area contributed by atoms with E-state index in [1.165, 1.54) is 16.0 Å². The van der Waals surface area contributed by atoms with Crippen LogP contribution in [0, 0.1) is 6.92 Å². The molecular weight excluding hydrogens is 292 g/mol. The fourth-order valence-electron chi connectivity index (χ4n) is 2.05. The van der Waals surface area contributed by atoms with Gasteiger partial charge >= 0.3 is 0 Å². The third-order valence-electron chi connectivity index (χ3n) is 3.41. The molecule has 118 valence electrons. The van der Waals surface area contributed by atoms with Gasteiger partial charge in [-0.1, -0.05) is 36.8 Å². The summed E-state index contributed by atoms with van der Waals surface area (Å²) in [6.45, 7) is 5.84. The van der Waals surface area contributed by atoms with Gasteiger partial charge in [0.05, 0.1) is 6.54 Å². The molecule has 0 spiro atoms. The van der Waals surface area contributed by atoms with Crippen LogP contribution < -0.4 is 10.6 Å². The fraction of sp³-hybridized carbons (Fsp3) is 0.412. The third kappa shape index (κ3) is 5.15. The topological polar surface area (TPSA) is 49.3 Å². The first kappa shape index (κ1) is 16.5. The van der Waals surface area contributed by atoms with Gasteiger partial charge in [0.25, 0.3) is 0 Å². The summed E-state index contributed by atoms with van der Waals surface area (Å²) in [6.07, 6.45) is 3.98. The minimum absolute atomic E-state index is 0.717. The molecule has 22 heavy (non-hydrogen) atoms. The van der Waals surface area contributed by atoms with Gasteiger partial charge in [0.15, 0.2) is 5.96 Å². The number of hydrogen-bond acceptors (Lipinski definition) is 3. The molecule has 0 saturated heterocycles. The zero-order valence-electron chi connectivity index (χ0n) is 13.5. The van der Waals surface area contributed by atoms with Gasteiger partial charge in [0, 0.05) is 24.7 Å². The largest absolute Gasteiger partial charge is 0.356 e. The van der Waals surface area contributed by atoms with E-state index in [2.05, 4.69) is 58.7 Å². The molecule has 0 atom stereocenters. The number of benzene rings is 1. The van der Waals surface area contributed by atoms with Gasteiger partial charge < -0.3 is 10.6 Å². The third-order valence-corrected chi connectivity index (χ3v) is 4.55. The van der Waals surface area contributed by atoms with E-state index in [-0.39, 0.29) is 0 Å². The average molecular weight is 316 g/mol. The number of aryl methyl sites for hydroxylation is 2. The van der Waals surface area contributed by atoms with E-state index in [0.29, 0.717) is 0 Å². The van der Waals surface area contributed by atoms with Crippen LogP contribution in [0.2, 0.25) is 0 Å². The van der Waals surface area contributed by atoms with Crippen LogP contribution in [-0.4, -0.2) is 24.5 Å². The van der Waals surface area contributed by atoms with Crippen LogP contribution in [0.4, 0.5) is 0 Å². The molecule has 5 heteroatoms. The molecule has 0 unspecified atom stereocenters. The molecule has 0 aliphatic heterocycles. The average Bonchev–Trinajstić information content (AvgIpc) is 3.00. The van der Waals surface area contributed by atoms with Crippen LogP contribution in [0.1, 0.15) is 27.9 Å². The van der Waals surface area contributed by atoms with Crippen LogP contribution >= 0.6 is 11.3 Å². The van der Waals surface area contributed by atoms with Crippen molar-refractivity contribution in [2.75, 3.05) is 13.6 Å². The molecule has 0 aliphatic carbocycles. The van der Waals surface area contributed by atoms with Crippen LogP contribution in [-0.2, 0) is 19.4 Å². The van der Waals surface area contributed by atoms with Gasteiger partial charge in [-0.15, -0.1) is 11.3 Å². The van der Waals surface area contributed by atoms with Gasteiger partial charge in [-0.25, -0.2) is 4.98 Å². The molecule has 2 N–H and O–H groups in total. The van der Waals surface area contributed by atoms with Crippen molar-refractivity contribution < 1.29 is 0 Å². The van der Waals surface area contributed by atoms with Gasteiger partial charge in [0.2, 0.25) is 0 Å². The Labute approximate surface area is 136 Å². The second kappa shape index (κ2) is 8.54. The summed E-state index contributed by atoms with van der Waals surface area (Å²) in [6, 6.07) is 8.65. The SMILES string of the molecule is CCc1cnc(CNC(=NC)NCCc2ccc(C)cc2)s1. The van der Waals surface area contributed by atoms with E-state index < -0.39 is 0 Å². The van der Waals surface area contributed by atoms with E-state index >= 15 is 0 Å². The molecule has 1 aromatic carbocycles. The quantitative estimate of drug-likeness (QED) is 0.636. The van der Waals surface area contributed by atoms with Crippen molar-refractivity contribution in [2.45, 2.75) is 33.2 Å². The highest BCUT2D eigenvalue weighted by Crippen LogP contribution is 2.12. The maximum Gasteiger partial charge on any atom is 0.191 e. The summed E-state index contributed by atoms with van der Waals surface area (Å²) in [5.74, 6) is 0.820. The lowest BCUT2D eigenvalue weighted by Gasteiger charge is -2.11. The number of thiazole rings is 1. The van der Waals surface area contributed by atoms with Crippen LogP contribution in [0.25, 0.3) is 0 Å². The molecule has 1 heterocycles. The minimum atomic E-state index is 0.717. The van der Waals surface area contributed by atoms with Gasteiger partial charge in [-0.2, -0.15) is 0 Å². The molecule has 0 radical (unpaired) electrons. The van der Waals surface area contributed by atoms with Gasteiger partial charge in [-0.3, -0.25) is 4.99 Å². The maximum atomic E-state index is 4.40. The standard InChI is InChI=1S/C17H24N4S/c1-4-15-11-20-16(22-15)12-21-17(18-3)19-10-9-14-7-5-13(2)6-8-14/h5-8,11H,4,9-10,12H2,1-3H3,(H2,18,19,21). The van der Waals surface area contributed by atoms with Crippen molar-refractivity contribution in [1.29, 1.82) is 0 Å². The van der Waals surface area contributed by atoms with Gasteiger partial charge in [0.1, 0.15) is 5.01 Å². The second-order valence-corrected chi connectivity index (χ2v) is 6.36. The van der Waals surface area contributed by atoms with E-state index in [1.54, 1.807) is 18.4 Å². The Hall–Kier alpha value is -1.88. The van der Waals surface area contributed by atoms with Crippen molar-refractivity contribution in [3.8, 4) is 0 Å². The predicted molar refractivity (Wildman–Crippen MR) is 94.6 cm³/mol. The first-order valence-electron chi connectivity index (χ1n) is 7.65. The molecule has 4 nitrogen and oxygen atoms in total. The molecule has 0 fully saturated rings. The van der Waals surface area contributed by atoms with Crippen molar-refractivity contribution in [3.63, 3.8) is 0 Å². The fourth-order valence-corrected chi connectivity index (χ4v) is 2.86. The number of nitrogens with zero attached hydrogens (tertiary/aromatic N) is 2. The van der Waals surface area contributed by atoms with Crippen molar-refractivity contribution in [2.24, 2.45) is 4.99 Å². The number of hydrogen-bond donors (Lipinski definition) is 2. The Morgan fingerprint density at radius 1 is 1.23 bits per heavy atom. The Morgan fingerprint density at radius 2 is 2.00 bits per heavy atom. The molecular formula is C17H24N4S. The summed E-state index contributed by atoms with van der Waals surface area (Å²) >= 11 is 1.75. The number of aromatic nitrogens is 1. The Bertz CT molecular complexity index is 601.